The van der Waals surface area contributed by atoms with Crippen molar-refractivity contribution in [1.82, 2.24) is 0 Å². The van der Waals surface area contributed by atoms with Gasteiger partial charge in [-0.3, -0.25) is 14.4 Å². The Labute approximate surface area is 396 Å². The molecular formula is C48H42Cl2N4O12S. The molecule has 1 amide bonds. The average molecular weight is 970 g/mol. The number of carbonyl (C=O) groups excluding carboxylic acids is 3. The van der Waals surface area contributed by atoms with Crippen LogP contribution < -0.4 is 24.7 Å². The number of benzene rings is 6. The Morgan fingerprint density at radius 1 is 0.627 bits per heavy atom. The summed E-state index contributed by atoms with van der Waals surface area (Å²) in [4.78, 5) is 34.6. The number of phenolic OH excluding ortho intramolecular Hbond substituents is 2. The molecule has 0 aliphatic rings. The largest absolute Gasteiger partial charge is 0.508 e. The highest BCUT2D eigenvalue weighted by atomic mass is 35.5. The molecule has 0 bridgehead atoms. The van der Waals surface area contributed by atoms with E-state index < -0.39 is 16.0 Å². The second kappa shape index (κ2) is 24.5. The zero-order chi connectivity index (χ0) is 49.3. The quantitative estimate of drug-likeness (QED) is 0.0790. The Kier molecular flexibility index (Phi) is 18.9. The topological polar surface area (TPSA) is 258 Å². The number of rotatable bonds is 13. The van der Waals surface area contributed by atoms with Crippen LogP contribution in [0.3, 0.4) is 0 Å². The molecule has 0 aliphatic heterocycles. The number of nitrogens with two attached hydrogens (primary N) is 1. The first-order valence-electron chi connectivity index (χ1n) is 19.4. The van der Waals surface area contributed by atoms with Gasteiger partial charge in [-0.15, -0.1) is 0 Å². The molecule has 19 heteroatoms. The van der Waals surface area contributed by atoms with E-state index in [1.807, 2.05) is 31.2 Å². The number of hydrogen-bond acceptors (Lipinski definition) is 14. The first-order chi connectivity index (χ1) is 31.8. The van der Waals surface area contributed by atoms with Crippen molar-refractivity contribution < 1.29 is 56.7 Å². The van der Waals surface area contributed by atoms with E-state index in [-0.39, 0.29) is 47.5 Å². The fourth-order valence-electron chi connectivity index (χ4n) is 5.81. The summed E-state index contributed by atoms with van der Waals surface area (Å²) >= 11 is 12.2. The molecule has 0 heterocycles. The molecule has 0 atom stereocenters. The highest BCUT2D eigenvalue weighted by Crippen LogP contribution is 2.34. The van der Waals surface area contributed by atoms with Gasteiger partial charge in [0.15, 0.2) is 0 Å². The van der Waals surface area contributed by atoms with Crippen LogP contribution in [-0.2, 0) is 53.1 Å². The number of phenols is 2. The molecule has 0 unspecified atom stereocenters. The van der Waals surface area contributed by atoms with Crippen LogP contribution in [0.15, 0.2) is 120 Å². The number of nitrogens with zero attached hydrogens (tertiary/aromatic N) is 2. The van der Waals surface area contributed by atoms with Crippen molar-refractivity contribution in [3.63, 3.8) is 0 Å². The van der Waals surface area contributed by atoms with Crippen molar-refractivity contribution in [2.45, 2.75) is 31.1 Å². The van der Waals surface area contributed by atoms with E-state index in [0.717, 1.165) is 11.1 Å². The van der Waals surface area contributed by atoms with E-state index in [1.54, 1.807) is 54.6 Å². The Morgan fingerprint density at radius 3 is 1.55 bits per heavy atom. The van der Waals surface area contributed by atoms with Gasteiger partial charge in [0.05, 0.1) is 78.8 Å². The number of amides is 1. The fourth-order valence-corrected chi connectivity index (χ4v) is 6.63. The van der Waals surface area contributed by atoms with Crippen LogP contribution in [0.2, 0.25) is 10.0 Å². The lowest BCUT2D eigenvalue weighted by Crippen LogP contribution is -2.15. The summed E-state index contributed by atoms with van der Waals surface area (Å²) < 4.78 is 48.6. The van der Waals surface area contributed by atoms with Gasteiger partial charge in [-0.2, -0.15) is 10.5 Å². The highest BCUT2D eigenvalue weighted by Gasteiger charge is 2.13. The van der Waals surface area contributed by atoms with Crippen LogP contribution in [0, 0.1) is 29.6 Å². The van der Waals surface area contributed by atoms with Gasteiger partial charge < -0.3 is 39.2 Å². The lowest BCUT2D eigenvalue weighted by molar-refractivity contribution is -0.140. The van der Waals surface area contributed by atoms with Gasteiger partial charge >= 0.3 is 11.9 Å². The van der Waals surface area contributed by atoms with E-state index in [1.165, 1.54) is 69.9 Å². The van der Waals surface area contributed by atoms with Crippen molar-refractivity contribution >= 4 is 56.8 Å². The van der Waals surface area contributed by atoms with E-state index in [4.69, 9.17) is 63.3 Å². The van der Waals surface area contributed by atoms with Crippen LogP contribution in [0.25, 0.3) is 0 Å². The molecule has 67 heavy (non-hydrogen) atoms. The maximum Gasteiger partial charge on any atom is 0.309 e. The molecule has 0 aliphatic carbocycles. The number of ether oxygens (including phenoxy) is 5. The van der Waals surface area contributed by atoms with E-state index >= 15 is 0 Å². The molecule has 0 fully saturated rings. The number of anilines is 1. The number of aromatic hydroxyl groups is 2. The Hall–Kier alpha value is -7.80. The molecule has 0 spiro atoms. The lowest BCUT2D eigenvalue weighted by atomic mass is 10.1. The molecule has 0 aromatic heterocycles. The fraction of sp³-hybridized carbons (Fsp3) is 0.146. The van der Waals surface area contributed by atoms with Gasteiger partial charge in [-0.25, -0.2) is 13.6 Å². The summed E-state index contributed by atoms with van der Waals surface area (Å²) in [6.07, 6.45) is 0.204. The zero-order valence-corrected chi connectivity index (χ0v) is 38.5. The van der Waals surface area contributed by atoms with Gasteiger partial charge in [-0.1, -0.05) is 29.3 Å². The number of carbonyl (C=O) groups is 3. The van der Waals surface area contributed by atoms with Gasteiger partial charge in [0.1, 0.15) is 40.2 Å². The van der Waals surface area contributed by atoms with Gasteiger partial charge in [-0.05, 0) is 114 Å². The molecular weight excluding hydrogens is 928 g/mol. The number of primary sulfonamides is 1. The first kappa shape index (κ1) is 51.8. The lowest BCUT2D eigenvalue weighted by Gasteiger charge is -2.12. The highest BCUT2D eigenvalue weighted by molar-refractivity contribution is 7.89. The van der Waals surface area contributed by atoms with Crippen LogP contribution in [-0.4, -0.2) is 57.8 Å². The van der Waals surface area contributed by atoms with Crippen LogP contribution in [0.1, 0.15) is 33.4 Å². The average Bonchev–Trinajstić information content (AvgIpc) is 3.27. The Morgan fingerprint density at radius 2 is 1.09 bits per heavy atom. The second-order valence-corrected chi connectivity index (χ2v) is 16.4. The number of sulfonamides is 1. The van der Waals surface area contributed by atoms with Gasteiger partial charge in [0, 0.05) is 30.0 Å². The van der Waals surface area contributed by atoms with Crippen molar-refractivity contribution in [2.24, 2.45) is 5.14 Å². The molecule has 346 valence electrons. The normalized spacial score (nSPS) is 10.3. The number of nitriles is 2. The monoisotopic (exact) mass is 968 g/mol. The smallest absolute Gasteiger partial charge is 0.309 e. The number of nitrogens with one attached hydrogen (secondary N) is 1. The van der Waals surface area contributed by atoms with Gasteiger partial charge in [0.25, 0.3) is 0 Å². The Bertz CT molecular complexity index is 2930. The predicted molar refractivity (Wildman–Crippen MR) is 248 cm³/mol. The van der Waals surface area contributed by atoms with Crippen molar-refractivity contribution in [1.29, 1.82) is 10.5 Å². The van der Waals surface area contributed by atoms with Crippen molar-refractivity contribution in [2.75, 3.05) is 26.6 Å². The molecule has 6 aromatic carbocycles. The minimum absolute atomic E-state index is 0.00351. The number of methoxy groups -OCH3 is 3. The summed E-state index contributed by atoms with van der Waals surface area (Å²) in [5.41, 5.74) is 4.12. The molecule has 0 radical (unpaired) electrons. The third-order valence-electron chi connectivity index (χ3n) is 8.81. The first-order valence-corrected chi connectivity index (χ1v) is 21.7. The predicted octanol–water partition coefficient (Wildman–Crippen LogP) is 8.68. The maximum absolute atomic E-state index is 12.5. The van der Waals surface area contributed by atoms with Crippen molar-refractivity contribution in [3.8, 4) is 52.4 Å². The van der Waals surface area contributed by atoms with Crippen LogP contribution in [0.4, 0.5) is 5.69 Å². The third-order valence-corrected chi connectivity index (χ3v) is 10.4. The number of aryl methyl sites for hydroxylation is 1. The minimum Gasteiger partial charge on any atom is -0.508 e. The summed E-state index contributed by atoms with van der Waals surface area (Å²) in [5.74, 6) is 0.883. The standard InChI is InChI=1S/C22H18ClN3O5S.C17H14ClNO3.C9H10O4/c1-30-17-8-15(9-18(12-17)31-21-10-14(13-24)2-7-20(21)23)11-22(27)26-16-3-5-19(6-4-16)32(25,28)29;1-11-5-13(9-17(20)21-2)7-14(6-11)22-16-8-12(10-19)3-4-15(16)18;1-13-9(12)4-6-2-7(10)5-8(11)3-6/h2-10,12H,11H2,1H3,(H,26,27)(H2,25,28,29);3-8H,9H2,1-2H3;2-3,5,10-11H,4H2,1H3. The third kappa shape index (κ3) is 16.9. The second-order valence-electron chi connectivity index (χ2n) is 14.0. The molecule has 16 nitrogen and oxygen atoms in total. The Balaban J connectivity index is 0.000000241. The summed E-state index contributed by atoms with van der Waals surface area (Å²) in [7, 11) is 0.308. The number of halogens is 2. The molecule has 6 aromatic rings. The number of hydrogen-bond donors (Lipinski definition) is 4. The molecule has 6 rings (SSSR count). The molecule has 0 saturated heterocycles. The molecule has 0 saturated carbocycles. The van der Waals surface area contributed by atoms with E-state index in [0.29, 0.717) is 66.7 Å². The minimum atomic E-state index is -3.81. The maximum atomic E-state index is 12.5. The van der Waals surface area contributed by atoms with E-state index in [9.17, 15) is 22.8 Å². The van der Waals surface area contributed by atoms with Crippen LogP contribution in [0.5, 0.6) is 40.2 Å². The zero-order valence-electron chi connectivity index (χ0n) is 36.2. The summed E-state index contributed by atoms with van der Waals surface area (Å²) in [6.45, 7) is 1.90. The molecule has 5 N–H and O–H groups in total. The number of esters is 2. The van der Waals surface area contributed by atoms with E-state index in [2.05, 4.69) is 14.8 Å². The van der Waals surface area contributed by atoms with Crippen molar-refractivity contribution in [3.05, 3.63) is 159 Å². The summed E-state index contributed by atoms with van der Waals surface area (Å²) in [6, 6.07) is 33.4. The SMILES string of the molecule is COC(=O)Cc1cc(C)cc(Oc2cc(C#N)ccc2Cl)c1.COC(=O)Cc1cc(O)cc(O)c1.COc1cc(CC(=O)Nc2ccc(S(N)(=O)=O)cc2)cc(Oc2cc(C#N)ccc2Cl)c1. The van der Waals surface area contributed by atoms with Crippen LogP contribution >= 0.6 is 23.2 Å². The summed E-state index contributed by atoms with van der Waals surface area (Å²) in [5, 5.41) is 44.6. The van der Waals surface area contributed by atoms with Gasteiger partial charge in [0.2, 0.25) is 15.9 Å².